The third-order valence-electron chi connectivity index (χ3n) is 4.36. The Morgan fingerprint density at radius 1 is 1.26 bits per heavy atom. The Balaban J connectivity index is 2.03. The summed E-state index contributed by atoms with van der Waals surface area (Å²) < 4.78 is 43.0. The van der Waals surface area contributed by atoms with Crippen molar-refractivity contribution in [2.45, 2.75) is 30.7 Å². The molecule has 1 N–H and O–H groups in total. The Bertz CT molecular complexity index is 692. The standard InChI is InChI=1S/C16H13F3O4/c1-8(20)13-12(11-6-7-15(13,22)14(21)23-11)9-2-4-10(5-3-9)16(17,18)19/h2-7,11-13,22H,1H3/t11-,12+,13-,15-/m1/s1. The molecule has 1 fully saturated rings. The number of rotatable bonds is 2. The normalized spacial score (nSPS) is 32.7. The van der Waals surface area contributed by atoms with Gasteiger partial charge in [-0.05, 0) is 36.8 Å². The van der Waals surface area contributed by atoms with Gasteiger partial charge in [0.05, 0.1) is 11.5 Å². The lowest BCUT2D eigenvalue weighted by atomic mass is 9.65. The van der Waals surface area contributed by atoms with E-state index in [1.165, 1.54) is 31.2 Å². The van der Waals surface area contributed by atoms with Crippen molar-refractivity contribution in [2.24, 2.45) is 5.92 Å². The van der Waals surface area contributed by atoms with Gasteiger partial charge >= 0.3 is 12.1 Å². The number of alkyl halides is 3. The Morgan fingerprint density at radius 2 is 1.87 bits per heavy atom. The van der Waals surface area contributed by atoms with Crippen LogP contribution < -0.4 is 0 Å². The van der Waals surface area contributed by atoms with Crippen molar-refractivity contribution in [3.63, 3.8) is 0 Å². The SMILES string of the molecule is CC(=O)[C@@H]1[C@@H](c2ccc(C(F)(F)F)cc2)[C@H]2C=C[C@]1(O)C(=O)O2. The van der Waals surface area contributed by atoms with Gasteiger partial charge < -0.3 is 9.84 Å². The zero-order valence-electron chi connectivity index (χ0n) is 12.0. The van der Waals surface area contributed by atoms with Crippen LogP contribution in [0.4, 0.5) is 13.2 Å². The highest BCUT2D eigenvalue weighted by Crippen LogP contribution is 2.47. The van der Waals surface area contributed by atoms with Crippen molar-refractivity contribution in [3.05, 3.63) is 47.5 Å². The number of aliphatic hydroxyl groups is 1. The molecule has 0 amide bonds. The first-order valence-corrected chi connectivity index (χ1v) is 6.95. The molecule has 2 aliphatic heterocycles. The summed E-state index contributed by atoms with van der Waals surface area (Å²) in [4.78, 5) is 23.8. The molecule has 7 heteroatoms. The van der Waals surface area contributed by atoms with Gasteiger partial charge in [0, 0.05) is 5.92 Å². The number of ketones is 1. The first-order chi connectivity index (χ1) is 10.6. The maximum absolute atomic E-state index is 12.7. The van der Waals surface area contributed by atoms with Crippen molar-refractivity contribution in [2.75, 3.05) is 0 Å². The molecule has 122 valence electrons. The molecule has 1 aliphatic carbocycles. The Hall–Kier alpha value is -2.15. The van der Waals surface area contributed by atoms with Gasteiger partial charge in [-0.2, -0.15) is 13.2 Å². The van der Waals surface area contributed by atoms with E-state index >= 15 is 0 Å². The molecule has 0 radical (unpaired) electrons. The largest absolute Gasteiger partial charge is 0.455 e. The average molecular weight is 326 g/mol. The van der Waals surface area contributed by atoms with Crippen LogP contribution in [0.25, 0.3) is 0 Å². The second kappa shape index (κ2) is 4.92. The number of benzene rings is 1. The highest BCUT2D eigenvalue weighted by Gasteiger charge is 2.59. The predicted molar refractivity (Wildman–Crippen MR) is 72.3 cm³/mol. The summed E-state index contributed by atoms with van der Waals surface area (Å²) in [5.41, 5.74) is -2.49. The van der Waals surface area contributed by atoms with Gasteiger partial charge in [0.15, 0.2) is 5.60 Å². The lowest BCUT2D eigenvalue weighted by molar-refractivity contribution is -0.189. The zero-order valence-corrected chi connectivity index (χ0v) is 12.0. The third kappa shape index (κ3) is 2.35. The van der Waals surface area contributed by atoms with Gasteiger partial charge in [-0.1, -0.05) is 12.1 Å². The van der Waals surface area contributed by atoms with Crippen LogP contribution in [-0.4, -0.2) is 28.6 Å². The molecule has 0 unspecified atom stereocenters. The zero-order chi connectivity index (χ0) is 17.0. The maximum Gasteiger partial charge on any atom is 0.416 e. The first-order valence-electron chi connectivity index (χ1n) is 6.95. The molecule has 4 nitrogen and oxygen atoms in total. The molecule has 0 saturated carbocycles. The Morgan fingerprint density at radius 3 is 2.35 bits per heavy atom. The lowest BCUT2D eigenvalue weighted by Crippen LogP contribution is -2.60. The number of fused-ring (bicyclic) bond motifs is 2. The number of hydrogen-bond donors (Lipinski definition) is 1. The fraction of sp³-hybridized carbons (Fsp3) is 0.375. The van der Waals surface area contributed by atoms with Gasteiger partial charge in [0.2, 0.25) is 0 Å². The van der Waals surface area contributed by atoms with E-state index in [1.54, 1.807) is 0 Å². The molecule has 23 heavy (non-hydrogen) atoms. The smallest absolute Gasteiger partial charge is 0.416 e. The summed E-state index contributed by atoms with van der Waals surface area (Å²) in [5.74, 6) is -3.14. The molecule has 1 aromatic rings. The van der Waals surface area contributed by atoms with E-state index in [4.69, 9.17) is 4.74 Å². The molecular formula is C16H13F3O4. The van der Waals surface area contributed by atoms with E-state index in [1.807, 2.05) is 0 Å². The summed E-state index contributed by atoms with van der Waals surface area (Å²) in [6, 6.07) is 4.30. The van der Waals surface area contributed by atoms with Crippen molar-refractivity contribution >= 4 is 11.8 Å². The molecule has 2 bridgehead atoms. The second-order valence-electron chi connectivity index (χ2n) is 5.79. The second-order valence-corrected chi connectivity index (χ2v) is 5.79. The van der Waals surface area contributed by atoms with Crippen LogP contribution in [0.2, 0.25) is 0 Å². The Kier molecular flexibility index (Phi) is 3.37. The van der Waals surface area contributed by atoms with E-state index in [2.05, 4.69) is 0 Å². The van der Waals surface area contributed by atoms with E-state index in [-0.39, 0.29) is 0 Å². The summed E-state index contributed by atoms with van der Waals surface area (Å²) in [7, 11) is 0. The fourth-order valence-corrected chi connectivity index (χ4v) is 3.29. The van der Waals surface area contributed by atoms with Crippen molar-refractivity contribution < 1.29 is 32.6 Å². The molecule has 1 saturated heterocycles. The van der Waals surface area contributed by atoms with Crippen molar-refractivity contribution in [1.29, 1.82) is 0 Å². The highest BCUT2D eigenvalue weighted by atomic mass is 19.4. The molecule has 4 rings (SSSR count). The van der Waals surface area contributed by atoms with Gasteiger partial charge in [-0.25, -0.2) is 4.79 Å². The molecule has 3 aliphatic rings. The molecule has 4 atom stereocenters. The van der Waals surface area contributed by atoms with Crippen LogP contribution in [0.15, 0.2) is 36.4 Å². The van der Waals surface area contributed by atoms with Gasteiger partial charge in [-0.15, -0.1) is 0 Å². The summed E-state index contributed by atoms with van der Waals surface area (Å²) >= 11 is 0. The number of ether oxygens (including phenoxy) is 1. The van der Waals surface area contributed by atoms with E-state index in [0.29, 0.717) is 5.56 Å². The average Bonchev–Trinajstić information content (AvgIpc) is 2.46. The minimum absolute atomic E-state index is 0.401. The minimum Gasteiger partial charge on any atom is -0.455 e. The topological polar surface area (TPSA) is 63.6 Å². The molecular weight excluding hydrogens is 313 g/mol. The first kappa shape index (κ1) is 15.7. The molecule has 0 aromatic heterocycles. The van der Waals surface area contributed by atoms with E-state index in [9.17, 15) is 27.9 Å². The Labute approximate surface area is 129 Å². The van der Waals surface area contributed by atoms with Crippen LogP contribution in [0.3, 0.4) is 0 Å². The maximum atomic E-state index is 12.7. The van der Waals surface area contributed by atoms with Gasteiger partial charge in [0.1, 0.15) is 11.9 Å². The fourth-order valence-electron chi connectivity index (χ4n) is 3.29. The monoisotopic (exact) mass is 326 g/mol. The number of halogens is 3. The van der Waals surface area contributed by atoms with Crippen molar-refractivity contribution in [3.8, 4) is 0 Å². The molecule has 1 aromatic carbocycles. The number of carbonyl (C=O) groups excluding carboxylic acids is 2. The van der Waals surface area contributed by atoms with Gasteiger partial charge in [0.25, 0.3) is 0 Å². The van der Waals surface area contributed by atoms with Crippen molar-refractivity contribution in [1.82, 2.24) is 0 Å². The van der Waals surface area contributed by atoms with Crippen LogP contribution in [-0.2, 0) is 20.5 Å². The number of Topliss-reactive ketones (excluding diaryl/α,β-unsaturated/α-hetero) is 1. The van der Waals surface area contributed by atoms with Crippen LogP contribution >= 0.6 is 0 Å². The summed E-state index contributed by atoms with van der Waals surface area (Å²) in [6.45, 7) is 1.24. The number of hydrogen-bond acceptors (Lipinski definition) is 4. The van der Waals surface area contributed by atoms with Crippen LogP contribution in [0.1, 0.15) is 24.0 Å². The summed E-state index contributed by atoms with van der Waals surface area (Å²) in [6.07, 6.45) is -2.56. The number of esters is 1. The molecule has 0 spiro atoms. The van der Waals surface area contributed by atoms with Crippen LogP contribution in [0.5, 0.6) is 0 Å². The summed E-state index contributed by atoms with van der Waals surface area (Å²) in [5, 5.41) is 10.5. The van der Waals surface area contributed by atoms with Gasteiger partial charge in [-0.3, -0.25) is 4.79 Å². The molecule has 2 heterocycles. The minimum atomic E-state index is -4.46. The predicted octanol–water partition coefficient (Wildman–Crippen LogP) is 2.22. The van der Waals surface area contributed by atoms with E-state index < -0.39 is 47.0 Å². The third-order valence-corrected chi connectivity index (χ3v) is 4.36. The highest BCUT2D eigenvalue weighted by molar-refractivity contribution is 5.94. The lowest BCUT2D eigenvalue weighted by Gasteiger charge is -2.47. The van der Waals surface area contributed by atoms with Crippen LogP contribution in [0, 0.1) is 5.92 Å². The number of carbonyl (C=O) groups is 2. The quantitative estimate of drug-likeness (QED) is 0.669. The van der Waals surface area contributed by atoms with E-state index in [0.717, 1.165) is 12.1 Å².